The van der Waals surface area contributed by atoms with Crippen LogP contribution in [0.5, 0.6) is 0 Å². The van der Waals surface area contributed by atoms with Crippen molar-refractivity contribution in [2.24, 2.45) is 5.92 Å². The predicted molar refractivity (Wildman–Crippen MR) is 42.8 cm³/mol. The lowest BCUT2D eigenvalue weighted by molar-refractivity contribution is -0.126. The number of terminal acetylenes is 1. The minimum Gasteiger partial charge on any atom is -0.355 e. The molecule has 0 atom stereocenters. The summed E-state index contributed by atoms with van der Waals surface area (Å²) in [4.78, 5) is 11.1. The van der Waals surface area contributed by atoms with Crippen LogP contribution >= 0.6 is 0 Å². The molecule has 1 fully saturated rings. The number of nitrogens with one attached hydrogen (secondary N) is 2. The Balaban J connectivity index is 2.06. The molecule has 1 heterocycles. The average molecular weight is 152 g/mol. The molecule has 1 rings (SSSR count). The number of hydrogen-bond donors (Lipinski definition) is 2. The van der Waals surface area contributed by atoms with E-state index in [1.807, 2.05) is 0 Å². The van der Waals surface area contributed by atoms with E-state index in [1.165, 1.54) is 0 Å². The molecule has 1 amide bonds. The fraction of sp³-hybridized carbons (Fsp3) is 0.625. The summed E-state index contributed by atoms with van der Waals surface area (Å²) in [6.07, 6.45) is 5.64. The van der Waals surface area contributed by atoms with Crippen LogP contribution in [0.3, 0.4) is 0 Å². The van der Waals surface area contributed by atoms with Crippen LogP contribution in [0.25, 0.3) is 0 Å². The Bertz CT molecular complexity index is 179. The molecule has 1 aliphatic rings. The maximum atomic E-state index is 11.1. The SMILES string of the molecule is C#CCCNC(=O)C1CNC1. The number of amides is 1. The minimum atomic E-state index is 0.124. The molecular formula is C8H12N2O. The third kappa shape index (κ3) is 2.24. The second kappa shape index (κ2) is 3.99. The standard InChI is InChI=1S/C8H12N2O/c1-2-3-4-10-8(11)7-5-9-6-7/h1,7,9H,3-6H2,(H,10,11). The first-order chi connectivity index (χ1) is 5.34. The first-order valence-electron chi connectivity index (χ1n) is 3.76. The second-order valence-electron chi connectivity index (χ2n) is 2.60. The number of rotatable bonds is 3. The van der Waals surface area contributed by atoms with Gasteiger partial charge in [0.25, 0.3) is 0 Å². The lowest BCUT2D eigenvalue weighted by Crippen LogP contribution is -2.50. The smallest absolute Gasteiger partial charge is 0.225 e. The molecule has 3 heteroatoms. The van der Waals surface area contributed by atoms with Gasteiger partial charge in [0.2, 0.25) is 5.91 Å². The lowest BCUT2D eigenvalue weighted by Gasteiger charge is -2.25. The molecular weight excluding hydrogens is 140 g/mol. The summed E-state index contributed by atoms with van der Waals surface area (Å²) in [5, 5.41) is 5.80. The van der Waals surface area contributed by atoms with Gasteiger partial charge in [-0.05, 0) is 0 Å². The van der Waals surface area contributed by atoms with Crippen molar-refractivity contribution in [2.45, 2.75) is 6.42 Å². The summed E-state index contributed by atoms with van der Waals surface area (Å²) in [7, 11) is 0. The van der Waals surface area contributed by atoms with Gasteiger partial charge in [-0.1, -0.05) is 0 Å². The number of hydrogen-bond acceptors (Lipinski definition) is 2. The van der Waals surface area contributed by atoms with E-state index in [-0.39, 0.29) is 11.8 Å². The van der Waals surface area contributed by atoms with Gasteiger partial charge in [0, 0.05) is 26.1 Å². The summed E-state index contributed by atoms with van der Waals surface area (Å²) in [5.41, 5.74) is 0. The van der Waals surface area contributed by atoms with E-state index in [1.54, 1.807) is 0 Å². The summed E-state index contributed by atoms with van der Waals surface area (Å²) >= 11 is 0. The van der Waals surface area contributed by atoms with Crippen molar-refractivity contribution in [3.8, 4) is 12.3 Å². The fourth-order valence-corrected chi connectivity index (χ4v) is 0.876. The van der Waals surface area contributed by atoms with Gasteiger partial charge in [0.15, 0.2) is 0 Å². The van der Waals surface area contributed by atoms with Crippen molar-refractivity contribution in [1.82, 2.24) is 10.6 Å². The molecule has 0 radical (unpaired) electrons. The van der Waals surface area contributed by atoms with Crippen LogP contribution < -0.4 is 10.6 Å². The Hall–Kier alpha value is -1.01. The molecule has 1 saturated heterocycles. The topological polar surface area (TPSA) is 41.1 Å². The molecule has 0 bridgehead atoms. The highest BCUT2D eigenvalue weighted by Gasteiger charge is 2.23. The van der Waals surface area contributed by atoms with Gasteiger partial charge in [0.1, 0.15) is 0 Å². The van der Waals surface area contributed by atoms with E-state index in [0.717, 1.165) is 13.1 Å². The zero-order valence-corrected chi connectivity index (χ0v) is 6.39. The van der Waals surface area contributed by atoms with Gasteiger partial charge in [-0.2, -0.15) is 0 Å². The van der Waals surface area contributed by atoms with Crippen molar-refractivity contribution in [2.75, 3.05) is 19.6 Å². The van der Waals surface area contributed by atoms with Crippen LogP contribution in [0.4, 0.5) is 0 Å². The van der Waals surface area contributed by atoms with Gasteiger partial charge in [-0.25, -0.2) is 0 Å². The van der Waals surface area contributed by atoms with Crippen LogP contribution in [-0.4, -0.2) is 25.5 Å². The molecule has 1 aliphatic heterocycles. The molecule has 11 heavy (non-hydrogen) atoms. The highest BCUT2D eigenvalue weighted by molar-refractivity contribution is 5.79. The summed E-state index contributed by atoms with van der Waals surface area (Å²) in [5.74, 6) is 2.77. The van der Waals surface area contributed by atoms with E-state index in [2.05, 4.69) is 16.6 Å². The Morgan fingerprint density at radius 3 is 2.91 bits per heavy atom. The molecule has 0 aromatic heterocycles. The van der Waals surface area contributed by atoms with Gasteiger partial charge >= 0.3 is 0 Å². The van der Waals surface area contributed by atoms with Crippen molar-refractivity contribution in [1.29, 1.82) is 0 Å². The molecule has 60 valence electrons. The van der Waals surface area contributed by atoms with E-state index < -0.39 is 0 Å². The second-order valence-corrected chi connectivity index (χ2v) is 2.60. The first-order valence-corrected chi connectivity index (χ1v) is 3.76. The average Bonchev–Trinajstić information content (AvgIpc) is 1.84. The van der Waals surface area contributed by atoms with Gasteiger partial charge in [-0.3, -0.25) is 4.79 Å². The molecule has 0 aliphatic carbocycles. The van der Waals surface area contributed by atoms with Crippen molar-refractivity contribution in [3.63, 3.8) is 0 Å². The van der Waals surface area contributed by atoms with Crippen LogP contribution in [0.2, 0.25) is 0 Å². The van der Waals surface area contributed by atoms with Crippen LogP contribution in [0.1, 0.15) is 6.42 Å². The maximum Gasteiger partial charge on any atom is 0.225 e. The zero-order valence-electron chi connectivity index (χ0n) is 6.39. The lowest BCUT2D eigenvalue weighted by atomic mass is 10.0. The molecule has 0 spiro atoms. The summed E-state index contributed by atoms with van der Waals surface area (Å²) < 4.78 is 0. The predicted octanol–water partition coefficient (Wildman–Crippen LogP) is -0.655. The van der Waals surface area contributed by atoms with E-state index >= 15 is 0 Å². The van der Waals surface area contributed by atoms with Crippen molar-refractivity contribution in [3.05, 3.63) is 0 Å². The first kappa shape index (κ1) is 8.09. The zero-order chi connectivity index (χ0) is 8.10. The highest BCUT2D eigenvalue weighted by atomic mass is 16.2. The monoisotopic (exact) mass is 152 g/mol. The van der Waals surface area contributed by atoms with Gasteiger partial charge in [-0.15, -0.1) is 12.3 Å². The largest absolute Gasteiger partial charge is 0.355 e. The van der Waals surface area contributed by atoms with Gasteiger partial charge in [0.05, 0.1) is 5.92 Å². The van der Waals surface area contributed by atoms with E-state index in [4.69, 9.17) is 6.42 Å². The summed E-state index contributed by atoms with van der Waals surface area (Å²) in [6.45, 7) is 2.22. The van der Waals surface area contributed by atoms with E-state index in [0.29, 0.717) is 13.0 Å². The number of carbonyl (C=O) groups excluding carboxylic acids is 1. The molecule has 0 unspecified atom stereocenters. The minimum absolute atomic E-state index is 0.124. The molecule has 0 saturated carbocycles. The molecule has 0 aromatic carbocycles. The third-order valence-electron chi connectivity index (χ3n) is 1.72. The van der Waals surface area contributed by atoms with Crippen LogP contribution in [-0.2, 0) is 4.79 Å². The summed E-state index contributed by atoms with van der Waals surface area (Å²) in [6, 6.07) is 0. The van der Waals surface area contributed by atoms with Crippen molar-refractivity contribution < 1.29 is 4.79 Å². The molecule has 2 N–H and O–H groups in total. The quantitative estimate of drug-likeness (QED) is 0.416. The third-order valence-corrected chi connectivity index (χ3v) is 1.72. The van der Waals surface area contributed by atoms with Crippen LogP contribution in [0.15, 0.2) is 0 Å². The highest BCUT2D eigenvalue weighted by Crippen LogP contribution is 2.01. The Morgan fingerprint density at radius 1 is 1.73 bits per heavy atom. The van der Waals surface area contributed by atoms with Gasteiger partial charge < -0.3 is 10.6 Å². The molecule has 0 aromatic rings. The Labute approximate surface area is 66.5 Å². The number of carbonyl (C=O) groups is 1. The molecule has 3 nitrogen and oxygen atoms in total. The maximum absolute atomic E-state index is 11.1. The normalized spacial score (nSPS) is 16.6. The van der Waals surface area contributed by atoms with Crippen molar-refractivity contribution >= 4 is 5.91 Å². The Morgan fingerprint density at radius 2 is 2.45 bits per heavy atom. The van der Waals surface area contributed by atoms with E-state index in [9.17, 15) is 4.79 Å². The fourth-order valence-electron chi connectivity index (χ4n) is 0.876. The Kier molecular flexibility index (Phi) is 2.94. The van der Waals surface area contributed by atoms with Crippen LogP contribution in [0, 0.1) is 18.3 Å².